The zero-order chi connectivity index (χ0) is 13.5. The minimum Gasteiger partial charge on any atom is -0.367 e. The molecule has 2 rings (SSSR count). The number of thioether (sulfide) groups is 1. The molecular weight excluding hydrogens is 278 g/mol. The lowest BCUT2D eigenvalue weighted by molar-refractivity contribution is -0.120. The quantitative estimate of drug-likeness (QED) is 0.772. The van der Waals surface area contributed by atoms with Crippen LogP contribution in [0.2, 0.25) is 0 Å². The third kappa shape index (κ3) is 5.08. The Hall–Kier alpha value is -1.27. The van der Waals surface area contributed by atoms with Crippen molar-refractivity contribution >= 4 is 29.0 Å². The van der Waals surface area contributed by atoms with Crippen LogP contribution in [0.3, 0.4) is 0 Å². The predicted molar refractivity (Wildman–Crippen MR) is 80.3 cm³/mol. The van der Waals surface area contributed by atoms with Crippen LogP contribution >= 0.6 is 23.1 Å². The third-order valence-electron chi connectivity index (χ3n) is 2.54. The van der Waals surface area contributed by atoms with Gasteiger partial charge in [-0.3, -0.25) is 4.79 Å². The first-order valence-corrected chi connectivity index (χ1v) is 8.14. The van der Waals surface area contributed by atoms with E-state index in [-0.39, 0.29) is 5.91 Å². The molecule has 0 unspecified atom stereocenters. The molecule has 0 bridgehead atoms. The monoisotopic (exact) mass is 295 g/mol. The maximum atomic E-state index is 11.6. The van der Waals surface area contributed by atoms with E-state index in [1.54, 1.807) is 23.1 Å². The van der Waals surface area contributed by atoms with Crippen LogP contribution in [0.4, 0.5) is 0 Å². The molecule has 2 heterocycles. The Balaban J connectivity index is 1.56. The largest absolute Gasteiger partial charge is 0.367 e. The van der Waals surface area contributed by atoms with Crippen molar-refractivity contribution in [2.24, 2.45) is 0 Å². The maximum absolute atomic E-state index is 11.6. The SMILES string of the molecule is Cc1nc(CSCCC(=O)NCc2cc[nH]c2)cs1. The van der Waals surface area contributed by atoms with E-state index < -0.39 is 0 Å². The molecular formula is C13H17N3OS2. The van der Waals surface area contributed by atoms with Crippen LogP contribution in [0, 0.1) is 6.92 Å². The van der Waals surface area contributed by atoms with Crippen molar-refractivity contribution in [1.29, 1.82) is 0 Å². The van der Waals surface area contributed by atoms with Crippen molar-refractivity contribution < 1.29 is 4.79 Å². The fourth-order valence-corrected chi connectivity index (χ4v) is 3.12. The molecule has 0 fully saturated rings. The molecule has 1 amide bonds. The van der Waals surface area contributed by atoms with Gasteiger partial charge in [0, 0.05) is 42.2 Å². The first-order valence-electron chi connectivity index (χ1n) is 6.11. The number of hydrogen-bond donors (Lipinski definition) is 2. The van der Waals surface area contributed by atoms with E-state index in [4.69, 9.17) is 0 Å². The Morgan fingerprint density at radius 1 is 1.58 bits per heavy atom. The molecule has 2 aromatic heterocycles. The van der Waals surface area contributed by atoms with Gasteiger partial charge < -0.3 is 10.3 Å². The van der Waals surface area contributed by atoms with E-state index >= 15 is 0 Å². The van der Waals surface area contributed by atoms with Gasteiger partial charge in [-0.05, 0) is 18.6 Å². The van der Waals surface area contributed by atoms with Crippen molar-refractivity contribution in [3.63, 3.8) is 0 Å². The molecule has 0 aliphatic carbocycles. The summed E-state index contributed by atoms with van der Waals surface area (Å²) in [5.41, 5.74) is 2.21. The molecule has 19 heavy (non-hydrogen) atoms. The minimum atomic E-state index is 0.100. The first-order chi connectivity index (χ1) is 9.24. The molecule has 4 nitrogen and oxygen atoms in total. The number of amides is 1. The number of carbonyl (C=O) groups excluding carboxylic acids is 1. The van der Waals surface area contributed by atoms with Crippen molar-refractivity contribution in [3.8, 4) is 0 Å². The summed E-state index contributed by atoms with van der Waals surface area (Å²) >= 11 is 3.42. The number of hydrogen-bond acceptors (Lipinski definition) is 4. The van der Waals surface area contributed by atoms with Crippen molar-refractivity contribution in [3.05, 3.63) is 40.1 Å². The number of H-pyrrole nitrogens is 1. The van der Waals surface area contributed by atoms with Crippen LogP contribution in [0.15, 0.2) is 23.8 Å². The smallest absolute Gasteiger partial charge is 0.221 e. The Morgan fingerprint density at radius 3 is 3.16 bits per heavy atom. The van der Waals surface area contributed by atoms with Crippen LogP contribution in [-0.4, -0.2) is 21.6 Å². The van der Waals surface area contributed by atoms with E-state index in [1.165, 1.54) is 0 Å². The highest BCUT2D eigenvalue weighted by molar-refractivity contribution is 7.98. The molecule has 0 spiro atoms. The van der Waals surface area contributed by atoms with Gasteiger partial charge >= 0.3 is 0 Å². The fourth-order valence-electron chi connectivity index (χ4n) is 1.57. The number of carbonyl (C=O) groups is 1. The van der Waals surface area contributed by atoms with Gasteiger partial charge in [-0.15, -0.1) is 11.3 Å². The van der Waals surface area contributed by atoms with Crippen LogP contribution in [0.5, 0.6) is 0 Å². The standard InChI is InChI=1S/C13H17N3OS2/c1-10-16-12(9-19-10)8-18-5-3-13(17)15-7-11-2-4-14-6-11/h2,4,6,9,14H,3,5,7-8H2,1H3,(H,15,17). The number of aromatic nitrogens is 2. The number of aryl methyl sites for hydroxylation is 1. The summed E-state index contributed by atoms with van der Waals surface area (Å²) < 4.78 is 0. The van der Waals surface area contributed by atoms with Crippen molar-refractivity contribution in [2.45, 2.75) is 25.6 Å². The highest BCUT2D eigenvalue weighted by atomic mass is 32.2. The summed E-state index contributed by atoms with van der Waals surface area (Å²) in [6.45, 7) is 2.60. The lowest BCUT2D eigenvalue weighted by Crippen LogP contribution is -2.22. The van der Waals surface area contributed by atoms with Crippen molar-refractivity contribution in [1.82, 2.24) is 15.3 Å². The minimum absolute atomic E-state index is 0.100. The first kappa shape index (κ1) is 14.1. The highest BCUT2D eigenvalue weighted by Gasteiger charge is 2.03. The number of aromatic amines is 1. The summed E-state index contributed by atoms with van der Waals surface area (Å²) in [5, 5.41) is 6.08. The van der Waals surface area contributed by atoms with Gasteiger partial charge in [0.05, 0.1) is 10.7 Å². The van der Waals surface area contributed by atoms with Crippen LogP contribution in [0.25, 0.3) is 0 Å². The van der Waals surface area contributed by atoms with Gasteiger partial charge in [-0.25, -0.2) is 4.98 Å². The average molecular weight is 295 g/mol. The molecule has 0 aromatic carbocycles. The van der Waals surface area contributed by atoms with E-state index in [2.05, 4.69) is 20.7 Å². The second-order valence-corrected chi connectivity index (χ2v) is 6.32. The summed E-state index contributed by atoms with van der Waals surface area (Å²) in [5.74, 6) is 1.81. The Labute approximate surface area is 121 Å². The molecule has 0 saturated heterocycles. The normalized spacial score (nSPS) is 10.6. The van der Waals surface area contributed by atoms with Crippen LogP contribution < -0.4 is 5.32 Å². The molecule has 102 valence electrons. The second-order valence-electron chi connectivity index (χ2n) is 4.16. The summed E-state index contributed by atoms with van der Waals surface area (Å²) in [6.07, 6.45) is 4.30. The van der Waals surface area contributed by atoms with Gasteiger partial charge in [0.15, 0.2) is 0 Å². The lowest BCUT2D eigenvalue weighted by Gasteiger charge is -2.03. The fraction of sp³-hybridized carbons (Fsp3) is 0.385. The van der Waals surface area contributed by atoms with Gasteiger partial charge in [0.2, 0.25) is 5.91 Å². The van der Waals surface area contributed by atoms with E-state index in [0.717, 1.165) is 27.8 Å². The zero-order valence-corrected chi connectivity index (χ0v) is 12.4. The van der Waals surface area contributed by atoms with Gasteiger partial charge in [0.25, 0.3) is 0 Å². The second kappa shape index (κ2) is 7.35. The molecule has 2 N–H and O–H groups in total. The molecule has 0 saturated carbocycles. The van der Waals surface area contributed by atoms with E-state index in [0.29, 0.717) is 13.0 Å². The number of nitrogens with zero attached hydrogens (tertiary/aromatic N) is 1. The molecule has 0 aliphatic rings. The summed E-state index contributed by atoms with van der Waals surface area (Å²) in [6, 6.07) is 1.96. The van der Waals surface area contributed by atoms with Crippen molar-refractivity contribution in [2.75, 3.05) is 5.75 Å². The molecule has 0 radical (unpaired) electrons. The molecule has 0 atom stereocenters. The Bertz CT molecular complexity index is 508. The topological polar surface area (TPSA) is 57.8 Å². The van der Waals surface area contributed by atoms with Gasteiger partial charge in [-0.1, -0.05) is 0 Å². The maximum Gasteiger partial charge on any atom is 0.221 e. The average Bonchev–Trinajstić information content (AvgIpc) is 3.04. The zero-order valence-electron chi connectivity index (χ0n) is 10.8. The summed E-state index contributed by atoms with van der Waals surface area (Å²) in [4.78, 5) is 19.0. The van der Waals surface area contributed by atoms with E-state index in [9.17, 15) is 4.79 Å². The lowest BCUT2D eigenvalue weighted by atomic mass is 10.3. The van der Waals surface area contributed by atoms with Crippen LogP contribution in [0.1, 0.15) is 22.7 Å². The third-order valence-corrected chi connectivity index (χ3v) is 4.36. The van der Waals surface area contributed by atoms with E-state index in [1.807, 2.05) is 25.4 Å². The molecule has 2 aromatic rings. The van der Waals surface area contributed by atoms with Crippen LogP contribution in [-0.2, 0) is 17.1 Å². The predicted octanol–water partition coefficient (Wildman–Crippen LogP) is 2.72. The number of nitrogens with one attached hydrogen (secondary N) is 2. The molecule has 6 heteroatoms. The van der Waals surface area contributed by atoms with Gasteiger partial charge in [0.1, 0.15) is 0 Å². The Kier molecular flexibility index (Phi) is 5.47. The highest BCUT2D eigenvalue weighted by Crippen LogP contribution is 2.15. The Morgan fingerprint density at radius 2 is 2.47 bits per heavy atom. The number of thiazole rings is 1. The number of rotatable bonds is 7. The molecule has 0 aliphatic heterocycles. The van der Waals surface area contributed by atoms with Gasteiger partial charge in [-0.2, -0.15) is 11.8 Å². The summed E-state index contributed by atoms with van der Waals surface area (Å²) in [7, 11) is 0.